The molecule has 0 radical (unpaired) electrons. The summed E-state index contributed by atoms with van der Waals surface area (Å²) in [4.78, 5) is 4.47. The van der Waals surface area contributed by atoms with Crippen LogP contribution in [0.25, 0.3) is 10.8 Å². The minimum atomic E-state index is 0.262. The van der Waals surface area contributed by atoms with Gasteiger partial charge in [0.15, 0.2) is 0 Å². The zero-order valence-electron chi connectivity index (χ0n) is 11.9. The molecule has 1 aromatic heterocycles. The Labute approximate surface area is 119 Å². The Morgan fingerprint density at radius 3 is 3.05 bits per heavy atom. The lowest BCUT2D eigenvalue weighted by Gasteiger charge is -2.21. The molecule has 0 spiro atoms. The molecule has 4 nitrogen and oxygen atoms in total. The van der Waals surface area contributed by atoms with Crippen LogP contribution in [0, 0.1) is 0 Å². The Bertz CT molecular complexity index is 594. The van der Waals surface area contributed by atoms with Gasteiger partial charge in [0, 0.05) is 18.2 Å². The average Bonchev–Trinajstić information content (AvgIpc) is 3.01. The highest BCUT2D eigenvalue weighted by Crippen LogP contribution is 2.27. The molecule has 1 aliphatic rings. The van der Waals surface area contributed by atoms with E-state index in [0.717, 1.165) is 41.8 Å². The van der Waals surface area contributed by atoms with E-state index in [0.29, 0.717) is 0 Å². The average molecular weight is 272 g/mol. The highest BCUT2D eigenvalue weighted by Gasteiger charge is 2.22. The number of benzene rings is 1. The Kier molecular flexibility index (Phi) is 3.74. The van der Waals surface area contributed by atoms with Crippen LogP contribution in [0.2, 0.25) is 0 Å². The third kappa shape index (κ3) is 2.56. The topological polar surface area (TPSA) is 43.4 Å². The van der Waals surface area contributed by atoms with Crippen molar-refractivity contribution in [3.63, 3.8) is 0 Å². The highest BCUT2D eigenvalue weighted by molar-refractivity contribution is 5.92. The first-order chi connectivity index (χ1) is 9.78. The van der Waals surface area contributed by atoms with Gasteiger partial charge in [-0.1, -0.05) is 0 Å². The molecule has 2 unspecified atom stereocenters. The van der Waals surface area contributed by atoms with Crippen molar-refractivity contribution in [3.8, 4) is 5.75 Å². The second kappa shape index (κ2) is 5.67. The normalized spacial score (nSPS) is 20.0. The molecule has 1 fully saturated rings. The van der Waals surface area contributed by atoms with Gasteiger partial charge in [-0.15, -0.1) is 0 Å². The first kappa shape index (κ1) is 13.2. The monoisotopic (exact) mass is 272 g/mol. The van der Waals surface area contributed by atoms with Gasteiger partial charge in [-0.3, -0.25) is 0 Å². The van der Waals surface area contributed by atoms with Gasteiger partial charge < -0.3 is 14.8 Å². The predicted molar refractivity (Wildman–Crippen MR) is 80.4 cm³/mol. The third-order valence-corrected chi connectivity index (χ3v) is 3.86. The van der Waals surface area contributed by atoms with Crippen molar-refractivity contribution < 1.29 is 9.47 Å². The molecule has 1 aliphatic heterocycles. The maximum Gasteiger partial charge on any atom is 0.134 e. The second-order valence-electron chi connectivity index (χ2n) is 5.23. The first-order valence-corrected chi connectivity index (χ1v) is 7.09. The van der Waals surface area contributed by atoms with Crippen molar-refractivity contribution in [1.29, 1.82) is 0 Å². The molecule has 0 aliphatic carbocycles. The van der Waals surface area contributed by atoms with E-state index in [4.69, 9.17) is 9.47 Å². The predicted octanol–water partition coefficient (Wildman–Crippen LogP) is 3.22. The van der Waals surface area contributed by atoms with Gasteiger partial charge >= 0.3 is 0 Å². The number of pyridine rings is 1. The fraction of sp³-hybridized carbons (Fsp3) is 0.438. The summed E-state index contributed by atoms with van der Waals surface area (Å²) in [6.45, 7) is 3.02. The molecule has 20 heavy (non-hydrogen) atoms. The van der Waals surface area contributed by atoms with Crippen LogP contribution >= 0.6 is 0 Å². The molecule has 2 heterocycles. The van der Waals surface area contributed by atoms with Crippen LogP contribution in [-0.4, -0.2) is 30.8 Å². The molecule has 1 saturated heterocycles. The van der Waals surface area contributed by atoms with Gasteiger partial charge in [-0.2, -0.15) is 0 Å². The zero-order valence-corrected chi connectivity index (χ0v) is 11.9. The molecule has 1 N–H and O–H groups in total. The summed E-state index contributed by atoms with van der Waals surface area (Å²) in [6, 6.07) is 8.30. The molecule has 3 rings (SSSR count). The van der Waals surface area contributed by atoms with Crippen molar-refractivity contribution in [2.24, 2.45) is 0 Å². The molecule has 1 aromatic carbocycles. The zero-order chi connectivity index (χ0) is 13.9. The second-order valence-corrected chi connectivity index (χ2v) is 5.23. The molecule has 0 amide bonds. The number of aromatic nitrogens is 1. The SMILES string of the molecule is COc1ccc2c(NC(C)C3CCCO3)nccc2c1. The number of hydrogen-bond acceptors (Lipinski definition) is 4. The van der Waals surface area contributed by atoms with E-state index in [2.05, 4.69) is 17.2 Å². The summed E-state index contributed by atoms with van der Waals surface area (Å²) in [5, 5.41) is 5.72. The fourth-order valence-electron chi connectivity index (χ4n) is 2.70. The number of methoxy groups -OCH3 is 1. The van der Waals surface area contributed by atoms with Crippen LogP contribution < -0.4 is 10.1 Å². The van der Waals surface area contributed by atoms with E-state index >= 15 is 0 Å². The summed E-state index contributed by atoms with van der Waals surface area (Å²) in [5.41, 5.74) is 0. The van der Waals surface area contributed by atoms with Gasteiger partial charge in [-0.25, -0.2) is 4.98 Å². The lowest BCUT2D eigenvalue weighted by Crippen LogP contribution is -2.30. The molecule has 106 valence electrons. The fourth-order valence-corrected chi connectivity index (χ4v) is 2.70. The highest BCUT2D eigenvalue weighted by atomic mass is 16.5. The molecule has 4 heteroatoms. The molecular formula is C16H20N2O2. The van der Waals surface area contributed by atoms with E-state index in [1.807, 2.05) is 30.5 Å². The number of hydrogen-bond donors (Lipinski definition) is 1. The van der Waals surface area contributed by atoms with E-state index in [1.54, 1.807) is 7.11 Å². The quantitative estimate of drug-likeness (QED) is 0.928. The summed E-state index contributed by atoms with van der Waals surface area (Å²) < 4.78 is 11.0. The molecule has 0 bridgehead atoms. The Morgan fingerprint density at radius 1 is 1.40 bits per heavy atom. The van der Waals surface area contributed by atoms with Gasteiger partial charge in [0.25, 0.3) is 0 Å². The van der Waals surface area contributed by atoms with Crippen LogP contribution in [0.4, 0.5) is 5.82 Å². The van der Waals surface area contributed by atoms with Crippen molar-refractivity contribution in [2.45, 2.75) is 31.9 Å². The van der Waals surface area contributed by atoms with Crippen molar-refractivity contribution in [2.75, 3.05) is 19.0 Å². The number of rotatable bonds is 4. The van der Waals surface area contributed by atoms with Crippen molar-refractivity contribution >= 4 is 16.6 Å². The van der Waals surface area contributed by atoms with E-state index in [1.165, 1.54) is 0 Å². The molecule has 0 saturated carbocycles. The molecule has 2 atom stereocenters. The van der Waals surface area contributed by atoms with Gasteiger partial charge in [-0.05, 0) is 49.4 Å². The maximum absolute atomic E-state index is 5.73. The number of nitrogens with one attached hydrogen (secondary N) is 1. The van der Waals surface area contributed by atoms with Crippen LogP contribution in [-0.2, 0) is 4.74 Å². The number of anilines is 1. The lowest BCUT2D eigenvalue weighted by atomic mass is 10.1. The Morgan fingerprint density at radius 2 is 2.30 bits per heavy atom. The minimum absolute atomic E-state index is 0.262. The third-order valence-electron chi connectivity index (χ3n) is 3.86. The summed E-state index contributed by atoms with van der Waals surface area (Å²) >= 11 is 0. The Balaban J connectivity index is 1.87. The first-order valence-electron chi connectivity index (χ1n) is 7.09. The summed E-state index contributed by atoms with van der Waals surface area (Å²) in [5.74, 6) is 1.77. The standard InChI is InChI=1S/C16H20N2O2/c1-11(15-4-3-9-20-15)18-16-14-6-5-13(19-2)10-12(14)7-8-17-16/h5-8,10-11,15H,3-4,9H2,1-2H3,(H,17,18). The van der Waals surface area contributed by atoms with Crippen LogP contribution in [0.5, 0.6) is 5.75 Å². The number of fused-ring (bicyclic) bond motifs is 1. The summed E-state index contributed by atoms with van der Waals surface area (Å²) in [6.07, 6.45) is 4.38. The van der Waals surface area contributed by atoms with Crippen molar-refractivity contribution in [3.05, 3.63) is 30.5 Å². The van der Waals surface area contributed by atoms with E-state index < -0.39 is 0 Å². The Hall–Kier alpha value is -1.81. The van der Waals surface area contributed by atoms with Gasteiger partial charge in [0.2, 0.25) is 0 Å². The van der Waals surface area contributed by atoms with E-state index in [9.17, 15) is 0 Å². The minimum Gasteiger partial charge on any atom is -0.497 e. The van der Waals surface area contributed by atoms with Crippen LogP contribution in [0.15, 0.2) is 30.5 Å². The maximum atomic E-state index is 5.73. The molecular weight excluding hydrogens is 252 g/mol. The van der Waals surface area contributed by atoms with Crippen LogP contribution in [0.1, 0.15) is 19.8 Å². The van der Waals surface area contributed by atoms with Crippen LogP contribution in [0.3, 0.4) is 0 Å². The smallest absolute Gasteiger partial charge is 0.134 e. The number of ether oxygens (including phenoxy) is 2. The molecule has 2 aromatic rings. The van der Waals surface area contributed by atoms with E-state index in [-0.39, 0.29) is 12.1 Å². The number of nitrogens with zero attached hydrogens (tertiary/aromatic N) is 1. The van der Waals surface area contributed by atoms with Gasteiger partial charge in [0.05, 0.1) is 19.3 Å². The summed E-state index contributed by atoms with van der Waals surface area (Å²) in [7, 11) is 1.68. The van der Waals surface area contributed by atoms with Gasteiger partial charge in [0.1, 0.15) is 11.6 Å². The lowest BCUT2D eigenvalue weighted by molar-refractivity contribution is 0.0996. The largest absolute Gasteiger partial charge is 0.497 e. The van der Waals surface area contributed by atoms with Crippen molar-refractivity contribution in [1.82, 2.24) is 4.98 Å².